The Hall–Kier alpha value is -2.70. The van der Waals surface area contributed by atoms with Crippen molar-refractivity contribution in [2.45, 2.75) is 25.3 Å². The van der Waals surface area contributed by atoms with Gasteiger partial charge < -0.3 is 5.32 Å². The molecule has 3 rings (SSSR count). The highest BCUT2D eigenvalue weighted by atomic mass is 16.2. The molecule has 114 valence electrons. The van der Waals surface area contributed by atoms with Crippen molar-refractivity contribution >= 4 is 23.6 Å². The van der Waals surface area contributed by atoms with Gasteiger partial charge in [-0.1, -0.05) is 6.08 Å². The average molecular weight is 301 g/mol. The van der Waals surface area contributed by atoms with Crippen molar-refractivity contribution in [2.75, 3.05) is 7.05 Å². The third kappa shape index (κ3) is 2.14. The number of fused-ring (bicyclic) bond motifs is 1. The Bertz CT molecular complexity index is 687. The molecule has 7 nitrogen and oxygen atoms in total. The standard InChI is InChI=1S/C15H15N3O4/c1-16-8-2-4-9-10(5-3-8)15(22)18(14(9)21)11-6-7-12(19)17-13(11)20/h2,4-5,11,16H,3,6-7H2,1H3,(H,17,19,20). The van der Waals surface area contributed by atoms with Crippen molar-refractivity contribution in [3.63, 3.8) is 0 Å². The van der Waals surface area contributed by atoms with Gasteiger partial charge in [0.25, 0.3) is 11.8 Å². The largest absolute Gasteiger partial charge is 0.391 e. The molecule has 2 N–H and O–H groups in total. The molecule has 1 aliphatic carbocycles. The summed E-state index contributed by atoms with van der Waals surface area (Å²) in [6.07, 6.45) is 5.83. The van der Waals surface area contributed by atoms with Gasteiger partial charge in [0.1, 0.15) is 6.04 Å². The van der Waals surface area contributed by atoms with E-state index in [1.807, 2.05) is 0 Å². The van der Waals surface area contributed by atoms with Crippen molar-refractivity contribution in [1.82, 2.24) is 15.5 Å². The van der Waals surface area contributed by atoms with E-state index in [0.29, 0.717) is 17.6 Å². The summed E-state index contributed by atoms with van der Waals surface area (Å²) in [5.74, 6) is -1.94. The highest BCUT2D eigenvalue weighted by Crippen LogP contribution is 2.31. The normalized spacial score (nSPS) is 25.0. The van der Waals surface area contributed by atoms with Crippen LogP contribution in [0.4, 0.5) is 0 Å². The molecule has 2 saturated heterocycles. The lowest BCUT2D eigenvalue weighted by molar-refractivity contribution is -0.149. The van der Waals surface area contributed by atoms with E-state index in [0.717, 1.165) is 10.6 Å². The Balaban J connectivity index is 1.94. The molecular weight excluding hydrogens is 286 g/mol. The van der Waals surface area contributed by atoms with Crippen LogP contribution in [0.15, 0.2) is 35.1 Å². The van der Waals surface area contributed by atoms with Crippen LogP contribution >= 0.6 is 0 Å². The Labute approximate surface area is 126 Å². The minimum atomic E-state index is -0.917. The van der Waals surface area contributed by atoms with Crippen LogP contribution in [0.2, 0.25) is 0 Å². The molecular formula is C15H15N3O4. The Morgan fingerprint density at radius 2 is 1.86 bits per heavy atom. The maximum Gasteiger partial charge on any atom is 0.262 e. The molecule has 1 unspecified atom stereocenters. The number of hydrogen-bond donors (Lipinski definition) is 2. The quantitative estimate of drug-likeness (QED) is 0.672. The number of nitrogens with zero attached hydrogens (tertiary/aromatic N) is 1. The lowest BCUT2D eigenvalue weighted by Gasteiger charge is -2.27. The molecule has 0 bridgehead atoms. The smallest absolute Gasteiger partial charge is 0.262 e. The average Bonchev–Trinajstić information content (AvgIpc) is 2.66. The third-order valence-corrected chi connectivity index (χ3v) is 4.01. The zero-order chi connectivity index (χ0) is 15.9. The molecule has 0 aromatic heterocycles. The van der Waals surface area contributed by atoms with E-state index >= 15 is 0 Å². The number of hydrogen-bond acceptors (Lipinski definition) is 5. The first-order valence-corrected chi connectivity index (χ1v) is 7.03. The van der Waals surface area contributed by atoms with Crippen LogP contribution in [-0.4, -0.2) is 41.6 Å². The van der Waals surface area contributed by atoms with Crippen LogP contribution in [0.3, 0.4) is 0 Å². The van der Waals surface area contributed by atoms with E-state index in [4.69, 9.17) is 0 Å². The van der Waals surface area contributed by atoms with E-state index in [2.05, 4.69) is 10.6 Å². The molecule has 3 aliphatic rings. The number of likely N-dealkylation sites (tertiary alicyclic amines) is 1. The number of nitrogens with one attached hydrogen (secondary N) is 2. The van der Waals surface area contributed by atoms with Gasteiger partial charge in [0, 0.05) is 31.2 Å². The van der Waals surface area contributed by atoms with Gasteiger partial charge in [0.15, 0.2) is 0 Å². The molecule has 2 fully saturated rings. The summed E-state index contributed by atoms with van der Waals surface area (Å²) in [6, 6.07) is -0.917. The van der Waals surface area contributed by atoms with Gasteiger partial charge in [0.05, 0.1) is 5.57 Å². The van der Waals surface area contributed by atoms with E-state index in [1.165, 1.54) is 0 Å². The van der Waals surface area contributed by atoms with Gasteiger partial charge in [-0.3, -0.25) is 29.4 Å². The van der Waals surface area contributed by atoms with Gasteiger partial charge in [-0.25, -0.2) is 0 Å². The van der Waals surface area contributed by atoms with Crippen LogP contribution in [0, 0.1) is 0 Å². The molecule has 0 radical (unpaired) electrons. The van der Waals surface area contributed by atoms with Crippen molar-refractivity contribution in [3.05, 3.63) is 35.1 Å². The first-order chi connectivity index (χ1) is 10.5. The molecule has 1 atom stereocenters. The summed E-state index contributed by atoms with van der Waals surface area (Å²) in [5, 5.41) is 5.16. The second kappa shape index (κ2) is 5.25. The summed E-state index contributed by atoms with van der Waals surface area (Å²) in [7, 11) is 1.77. The number of rotatable bonds is 2. The number of carbonyl (C=O) groups excluding carboxylic acids is 4. The Morgan fingerprint density at radius 1 is 1.14 bits per heavy atom. The summed E-state index contributed by atoms with van der Waals surface area (Å²) in [4.78, 5) is 49.1. The number of amides is 4. The van der Waals surface area contributed by atoms with Crippen molar-refractivity contribution < 1.29 is 19.2 Å². The molecule has 22 heavy (non-hydrogen) atoms. The number of carbonyl (C=O) groups is 4. The van der Waals surface area contributed by atoms with Crippen molar-refractivity contribution in [3.8, 4) is 0 Å². The zero-order valence-corrected chi connectivity index (χ0v) is 12.0. The lowest BCUT2D eigenvalue weighted by Crippen LogP contribution is -2.54. The molecule has 2 heterocycles. The van der Waals surface area contributed by atoms with Gasteiger partial charge >= 0.3 is 0 Å². The molecule has 7 heteroatoms. The topological polar surface area (TPSA) is 95.6 Å². The molecule has 0 spiro atoms. The summed E-state index contributed by atoms with van der Waals surface area (Å²) in [5.41, 5.74) is 1.50. The van der Waals surface area contributed by atoms with Crippen LogP contribution < -0.4 is 10.6 Å². The highest BCUT2D eigenvalue weighted by molar-refractivity contribution is 6.26. The maximum atomic E-state index is 12.5. The molecule has 4 amide bonds. The lowest BCUT2D eigenvalue weighted by atomic mass is 10.0. The van der Waals surface area contributed by atoms with Crippen molar-refractivity contribution in [2.24, 2.45) is 0 Å². The molecule has 2 aliphatic heterocycles. The predicted molar refractivity (Wildman–Crippen MR) is 76.0 cm³/mol. The fourth-order valence-corrected chi connectivity index (χ4v) is 2.80. The van der Waals surface area contributed by atoms with Gasteiger partial charge in [-0.15, -0.1) is 0 Å². The summed E-state index contributed by atoms with van der Waals surface area (Å²) < 4.78 is 0. The monoisotopic (exact) mass is 301 g/mol. The second-order valence-electron chi connectivity index (χ2n) is 5.29. The van der Waals surface area contributed by atoms with Crippen LogP contribution in [0.1, 0.15) is 19.3 Å². The zero-order valence-electron chi connectivity index (χ0n) is 12.0. The minimum absolute atomic E-state index is 0.120. The van der Waals surface area contributed by atoms with Crippen LogP contribution in [0.5, 0.6) is 0 Å². The molecule has 0 aromatic rings. The third-order valence-electron chi connectivity index (χ3n) is 4.01. The first-order valence-electron chi connectivity index (χ1n) is 7.03. The van der Waals surface area contributed by atoms with E-state index in [1.54, 1.807) is 25.3 Å². The summed E-state index contributed by atoms with van der Waals surface area (Å²) >= 11 is 0. The summed E-state index contributed by atoms with van der Waals surface area (Å²) in [6.45, 7) is 0. The van der Waals surface area contributed by atoms with E-state index in [-0.39, 0.29) is 18.7 Å². The minimum Gasteiger partial charge on any atom is -0.391 e. The Kier molecular flexibility index (Phi) is 3.40. The highest BCUT2D eigenvalue weighted by Gasteiger charge is 2.46. The second-order valence-corrected chi connectivity index (χ2v) is 5.29. The van der Waals surface area contributed by atoms with Crippen molar-refractivity contribution in [1.29, 1.82) is 0 Å². The maximum absolute atomic E-state index is 12.5. The first kappa shape index (κ1) is 14.2. The fraction of sp³-hybridized carbons (Fsp3) is 0.333. The SMILES string of the molecule is CNC1=CC=C2C(=O)N(C3CCC(=O)NC3=O)C(=O)C2=CC1. The van der Waals surface area contributed by atoms with E-state index < -0.39 is 23.8 Å². The van der Waals surface area contributed by atoms with E-state index in [9.17, 15) is 19.2 Å². The number of imide groups is 2. The van der Waals surface area contributed by atoms with Gasteiger partial charge in [-0.05, 0) is 18.6 Å². The van der Waals surface area contributed by atoms with Gasteiger partial charge in [0.2, 0.25) is 11.8 Å². The fourth-order valence-electron chi connectivity index (χ4n) is 2.80. The Morgan fingerprint density at radius 3 is 2.55 bits per heavy atom. The number of piperidine rings is 1. The van der Waals surface area contributed by atoms with Gasteiger partial charge in [-0.2, -0.15) is 0 Å². The van der Waals surface area contributed by atoms with Crippen LogP contribution in [0.25, 0.3) is 0 Å². The van der Waals surface area contributed by atoms with Crippen LogP contribution in [-0.2, 0) is 19.2 Å². The molecule has 0 saturated carbocycles. The molecule has 0 aromatic carbocycles. The predicted octanol–water partition coefficient (Wildman–Crippen LogP) is -0.480. The number of allylic oxidation sites excluding steroid dienone is 3.